The van der Waals surface area contributed by atoms with Crippen LogP contribution in [0.15, 0.2) is 48.4 Å². The van der Waals surface area contributed by atoms with Crippen LogP contribution in [0.2, 0.25) is 0 Å². The number of nitrogens with zero attached hydrogens (tertiary/aromatic N) is 3. The number of carbonyl (C=O) groups excluding carboxylic acids is 1. The molecule has 146 valence electrons. The van der Waals surface area contributed by atoms with E-state index in [2.05, 4.69) is 16.4 Å². The van der Waals surface area contributed by atoms with Crippen LogP contribution in [-0.2, 0) is 17.8 Å². The molecule has 1 aliphatic rings. The SMILES string of the molecule is COc1cc2c(cc1OC)[C@@H](c1cccs1)N(C(=O)CCn1ccnc1)CC2. The number of methoxy groups -OCH3 is 2. The molecule has 0 N–H and O–H groups in total. The molecular weight excluding hydrogens is 374 g/mol. The summed E-state index contributed by atoms with van der Waals surface area (Å²) >= 11 is 1.67. The van der Waals surface area contributed by atoms with Crippen LogP contribution in [-0.4, -0.2) is 41.1 Å². The zero-order chi connectivity index (χ0) is 19.5. The number of rotatable bonds is 6. The molecule has 7 heteroatoms. The average Bonchev–Trinajstić information content (AvgIpc) is 3.44. The Morgan fingerprint density at radius 2 is 2.11 bits per heavy atom. The van der Waals surface area contributed by atoms with E-state index in [0.717, 1.165) is 22.6 Å². The molecule has 0 saturated heterocycles. The lowest BCUT2D eigenvalue weighted by Crippen LogP contribution is -2.40. The molecule has 3 aromatic rings. The third kappa shape index (κ3) is 3.49. The van der Waals surface area contributed by atoms with E-state index in [9.17, 15) is 4.79 Å². The lowest BCUT2D eigenvalue weighted by Gasteiger charge is -2.37. The first-order chi connectivity index (χ1) is 13.7. The molecule has 0 spiro atoms. The second-order valence-electron chi connectivity index (χ2n) is 6.71. The van der Waals surface area contributed by atoms with Gasteiger partial charge < -0.3 is 18.9 Å². The van der Waals surface area contributed by atoms with Crippen LogP contribution in [0.3, 0.4) is 0 Å². The smallest absolute Gasteiger partial charge is 0.225 e. The van der Waals surface area contributed by atoms with Gasteiger partial charge >= 0.3 is 0 Å². The third-order valence-electron chi connectivity index (χ3n) is 5.15. The molecule has 0 unspecified atom stereocenters. The van der Waals surface area contributed by atoms with Crippen LogP contribution in [0.5, 0.6) is 11.5 Å². The summed E-state index contributed by atoms with van der Waals surface area (Å²) in [6.07, 6.45) is 6.60. The van der Waals surface area contributed by atoms with Crippen molar-refractivity contribution < 1.29 is 14.3 Å². The molecule has 0 bridgehead atoms. The summed E-state index contributed by atoms with van der Waals surface area (Å²) in [5, 5.41) is 2.05. The number of hydrogen-bond acceptors (Lipinski definition) is 5. The highest BCUT2D eigenvalue weighted by Crippen LogP contribution is 2.42. The number of carbonyl (C=O) groups is 1. The Morgan fingerprint density at radius 1 is 1.29 bits per heavy atom. The van der Waals surface area contributed by atoms with Crippen LogP contribution < -0.4 is 9.47 Å². The second kappa shape index (κ2) is 8.06. The molecule has 1 aliphatic heterocycles. The molecule has 0 fully saturated rings. The van der Waals surface area contributed by atoms with Gasteiger partial charge in [0.15, 0.2) is 11.5 Å². The van der Waals surface area contributed by atoms with Gasteiger partial charge in [0.2, 0.25) is 5.91 Å². The number of thiophene rings is 1. The van der Waals surface area contributed by atoms with E-state index < -0.39 is 0 Å². The third-order valence-corrected chi connectivity index (χ3v) is 6.07. The summed E-state index contributed by atoms with van der Waals surface area (Å²) in [6, 6.07) is 8.09. The van der Waals surface area contributed by atoms with Crippen molar-refractivity contribution >= 4 is 17.2 Å². The number of imidazole rings is 1. The number of aromatic nitrogens is 2. The normalized spacial score (nSPS) is 15.9. The van der Waals surface area contributed by atoms with Gasteiger partial charge in [0, 0.05) is 36.8 Å². The van der Waals surface area contributed by atoms with Crippen LogP contribution in [0.4, 0.5) is 0 Å². The van der Waals surface area contributed by atoms with Gasteiger partial charge in [-0.15, -0.1) is 11.3 Å². The predicted molar refractivity (Wildman–Crippen MR) is 108 cm³/mol. The minimum Gasteiger partial charge on any atom is -0.493 e. The Bertz CT molecular complexity index is 938. The monoisotopic (exact) mass is 397 g/mol. The van der Waals surface area contributed by atoms with Gasteiger partial charge in [-0.1, -0.05) is 6.07 Å². The van der Waals surface area contributed by atoms with E-state index in [0.29, 0.717) is 25.3 Å². The fourth-order valence-corrected chi connectivity index (χ4v) is 4.61. The van der Waals surface area contributed by atoms with E-state index >= 15 is 0 Å². The Kier molecular flexibility index (Phi) is 5.34. The average molecular weight is 398 g/mol. The van der Waals surface area contributed by atoms with Gasteiger partial charge in [-0.2, -0.15) is 0 Å². The molecule has 0 saturated carbocycles. The summed E-state index contributed by atoms with van der Waals surface area (Å²) in [6.45, 7) is 1.32. The van der Waals surface area contributed by atoms with Crippen molar-refractivity contribution in [2.24, 2.45) is 0 Å². The minimum atomic E-state index is -0.0983. The van der Waals surface area contributed by atoms with Crippen molar-refractivity contribution in [1.82, 2.24) is 14.5 Å². The van der Waals surface area contributed by atoms with E-state index in [1.54, 1.807) is 38.1 Å². The minimum absolute atomic E-state index is 0.0983. The predicted octanol–water partition coefficient (Wildman–Crippen LogP) is 3.53. The largest absolute Gasteiger partial charge is 0.493 e. The highest BCUT2D eigenvalue weighted by atomic mass is 32.1. The Hall–Kier alpha value is -2.80. The van der Waals surface area contributed by atoms with Gasteiger partial charge in [0.1, 0.15) is 0 Å². The first kappa shape index (κ1) is 18.6. The molecule has 1 amide bonds. The van der Waals surface area contributed by atoms with Crippen LogP contribution in [0.25, 0.3) is 0 Å². The van der Waals surface area contributed by atoms with Crippen molar-refractivity contribution in [1.29, 1.82) is 0 Å². The van der Waals surface area contributed by atoms with E-state index in [-0.39, 0.29) is 11.9 Å². The van der Waals surface area contributed by atoms with E-state index in [4.69, 9.17) is 9.47 Å². The first-order valence-corrected chi connectivity index (χ1v) is 10.1. The Labute approximate surface area is 168 Å². The van der Waals surface area contributed by atoms with Crippen LogP contribution in [0.1, 0.15) is 28.5 Å². The van der Waals surface area contributed by atoms with E-state index in [1.807, 2.05) is 33.9 Å². The number of aryl methyl sites for hydroxylation is 1. The number of ether oxygens (including phenoxy) is 2. The number of amides is 1. The van der Waals surface area contributed by atoms with Crippen LogP contribution in [0, 0.1) is 0 Å². The summed E-state index contributed by atoms with van der Waals surface area (Å²) in [5.41, 5.74) is 2.32. The fraction of sp³-hybridized carbons (Fsp3) is 0.333. The maximum Gasteiger partial charge on any atom is 0.225 e. The first-order valence-electron chi connectivity index (χ1n) is 9.24. The van der Waals surface area contributed by atoms with Crippen molar-refractivity contribution in [2.75, 3.05) is 20.8 Å². The number of hydrogen-bond donors (Lipinski definition) is 0. The van der Waals surface area contributed by atoms with Crippen molar-refractivity contribution in [3.05, 3.63) is 64.4 Å². The quantitative estimate of drug-likeness (QED) is 0.639. The van der Waals surface area contributed by atoms with E-state index in [1.165, 1.54) is 5.56 Å². The molecule has 0 radical (unpaired) electrons. The fourth-order valence-electron chi connectivity index (χ4n) is 3.76. The molecule has 6 nitrogen and oxygen atoms in total. The molecule has 0 aliphatic carbocycles. The van der Waals surface area contributed by atoms with Gasteiger partial charge in [0.25, 0.3) is 0 Å². The van der Waals surface area contributed by atoms with Gasteiger partial charge in [-0.25, -0.2) is 4.98 Å². The molecular formula is C21H23N3O3S. The zero-order valence-corrected chi connectivity index (χ0v) is 16.8. The van der Waals surface area contributed by atoms with Crippen molar-refractivity contribution in [3.8, 4) is 11.5 Å². The second-order valence-corrected chi connectivity index (χ2v) is 7.69. The number of benzene rings is 1. The molecule has 4 rings (SSSR count). The lowest BCUT2D eigenvalue weighted by atomic mass is 9.90. The maximum absolute atomic E-state index is 13.1. The summed E-state index contributed by atoms with van der Waals surface area (Å²) in [7, 11) is 3.29. The highest BCUT2D eigenvalue weighted by Gasteiger charge is 2.33. The van der Waals surface area contributed by atoms with Crippen molar-refractivity contribution in [2.45, 2.75) is 25.4 Å². The molecule has 1 aromatic carbocycles. The maximum atomic E-state index is 13.1. The summed E-state index contributed by atoms with van der Waals surface area (Å²) in [4.78, 5) is 20.3. The number of fused-ring (bicyclic) bond motifs is 1. The highest BCUT2D eigenvalue weighted by molar-refractivity contribution is 7.10. The Morgan fingerprint density at radius 3 is 2.79 bits per heavy atom. The lowest BCUT2D eigenvalue weighted by molar-refractivity contribution is -0.133. The molecule has 1 atom stereocenters. The van der Waals surface area contributed by atoms with Crippen molar-refractivity contribution in [3.63, 3.8) is 0 Å². The molecule has 2 aromatic heterocycles. The molecule has 3 heterocycles. The van der Waals surface area contributed by atoms with Gasteiger partial charge in [-0.3, -0.25) is 4.79 Å². The topological polar surface area (TPSA) is 56.6 Å². The zero-order valence-electron chi connectivity index (χ0n) is 16.0. The Balaban J connectivity index is 1.67. The standard InChI is InChI=1S/C21H23N3O3S/c1-26-17-12-15-5-9-24(20(25)6-8-23-10-7-22-14-23)21(19-4-3-11-28-19)16(15)13-18(17)27-2/h3-4,7,10-14,21H,5-6,8-9H2,1-2H3/t21-/m0/s1. The summed E-state index contributed by atoms with van der Waals surface area (Å²) in [5.74, 6) is 1.56. The summed E-state index contributed by atoms with van der Waals surface area (Å²) < 4.78 is 12.9. The van der Waals surface area contributed by atoms with Crippen LogP contribution >= 0.6 is 11.3 Å². The van der Waals surface area contributed by atoms with Gasteiger partial charge in [-0.05, 0) is 41.1 Å². The van der Waals surface area contributed by atoms with Gasteiger partial charge in [0.05, 0.1) is 26.6 Å². The molecule has 28 heavy (non-hydrogen) atoms.